The summed E-state index contributed by atoms with van der Waals surface area (Å²) in [5.41, 5.74) is 0.288. The van der Waals surface area contributed by atoms with E-state index in [-0.39, 0.29) is 54.5 Å². The molecule has 1 saturated heterocycles. The minimum Gasteiger partial charge on any atom is -0.469 e. The predicted molar refractivity (Wildman–Crippen MR) is 117 cm³/mol. The first-order valence-electron chi connectivity index (χ1n) is 10.8. The molecule has 1 unspecified atom stereocenters. The maximum atomic E-state index is 13.0. The van der Waals surface area contributed by atoms with Crippen molar-refractivity contribution in [3.63, 3.8) is 0 Å². The lowest BCUT2D eigenvalue weighted by atomic mass is 9.96. The van der Waals surface area contributed by atoms with Crippen molar-refractivity contribution in [1.82, 2.24) is 9.21 Å². The van der Waals surface area contributed by atoms with Crippen LogP contribution in [0, 0.1) is 11.8 Å². The zero-order chi connectivity index (χ0) is 23.9. The zero-order valence-electron chi connectivity index (χ0n) is 19.1. The van der Waals surface area contributed by atoms with Crippen LogP contribution in [0.5, 0.6) is 0 Å². The van der Waals surface area contributed by atoms with Crippen LogP contribution >= 0.6 is 0 Å². The Morgan fingerprint density at radius 2 is 1.72 bits per heavy atom. The van der Waals surface area contributed by atoms with Gasteiger partial charge in [-0.25, -0.2) is 13.2 Å². The number of rotatable bonds is 9. The molecule has 0 N–H and O–H groups in total. The van der Waals surface area contributed by atoms with Crippen LogP contribution in [0.15, 0.2) is 29.2 Å². The molecule has 0 saturated carbocycles. The van der Waals surface area contributed by atoms with Crippen LogP contribution in [0.25, 0.3) is 0 Å². The van der Waals surface area contributed by atoms with Crippen molar-refractivity contribution in [1.29, 1.82) is 0 Å². The van der Waals surface area contributed by atoms with Crippen molar-refractivity contribution in [2.45, 2.75) is 38.5 Å². The highest BCUT2D eigenvalue weighted by atomic mass is 32.2. The van der Waals surface area contributed by atoms with Crippen molar-refractivity contribution in [2.75, 3.05) is 39.9 Å². The molecule has 1 aliphatic heterocycles. The van der Waals surface area contributed by atoms with E-state index in [0.717, 1.165) is 0 Å². The molecule has 1 heterocycles. The number of hydrogen-bond donors (Lipinski definition) is 0. The Balaban J connectivity index is 2.00. The number of nitrogens with zero attached hydrogens (tertiary/aromatic N) is 2. The molecule has 1 atom stereocenters. The highest BCUT2D eigenvalue weighted by Crippen LogP contribution is 2.26. The third kappa shape index (κ3) is 6.07. The molecular weight excluding hydrogens is 436 g/mol. The number of methoxy groups -OCH3 is 1. The summed E-state index contributed by atoms with van der Waals surface area (Å²) in [5, 5.41) is 0. The van der Waals surface area contributed by atoms with Crippen LogP contribution in [0.2, 0.25) is 0 Å². The average molecular weight is 469 g/mol. The van der Waals surface area contributed by atoms with Gasteiger partial charge in [-0.15, -0.1) is 0 Å². The lowest BCUT2D eigenvalue weighted by molar-refractivity contribution is -0.147. The van der Waals surface area contributed by atoms with E-state index in [1.165, 1.54) is 35.7 Å². The van der Waals surface area contributed by atoms with E-state index < -0.39 is 21.9 Å². The Labute approximate surface area is 189 Å². The molecule has 0 bridgehead atoms. The molecule has 32 heavy (non-hydrogen) atoms. The second-order valence-electron chi connectivity index (χ2n) is 7.72. The lowest BCUT2D eigenvalue weighted by Gasteiger charge is -2.34. The third-order valence-corrected chi connectivity index (χ3v) is 7.51. The summed E-state index contributed by atoms with van der Waals surface area (Å²) >= 11 is 0. The van der Waals surface area contributed by atoms with E-state index in [4.69, 9.17) is 9.47 Å². The van der Waals surface area contributed by atoms with Crippen LogP contribution in [0.4, 0.5) is 0 Å². The molecule has 1 fully saturated rings. The largest absolute Gasteiger partial charge is 0.469 e. The van der Waals surface area contributed by atoms with Gasteiger partial charge in [-0.1, -0.05) is 6.92 Å². The molecular formula is C22H32N2O7S. The molecule has 1 aliphatic rings. The predicted octanol–water partition coefficient (Wildman–Crippen LogP) is 1.92. The minimum absolute atomic E-state index is 0.0703. The van der Waals surface area contributed by atoms with Gasteiger partial charge >= 0.3 is 11.9 Å². The van der Waals surface area contributed by atoms with E-state index in [9.17, 15) is 22.8 Å². The zero-order valence-corrected chi connectivity index (χ0v) is 19.9. The summed E-state index contributed by atoms with van der Waals surface area (Å²) in [5.74, 6) is -1.66. The monoisotopic (exact) mass is 468 g/mol. The summed E-state index contributed by atoms with van der Waals surface area (Å²) in [6, 6.07) is 5.66. The van der Waals surface area contributed by atoms with Crippen LogP contribution in [0.1, 0.15) is 44.0 Å². The van der Waals surface area contributed by atoms with Crippen LogP contribution in [-0.4, -0.2) is 75.4 Å². The quantitative estimate of drug-likeness (QED) is 0.509. The second kappa shape index (κ2) is 11.4. The van der Waals surface area contributed by atoms with Gasteiger partial charge in [-0.05, 0) is 51.0 Å². The van der Waals surface area contributed by atoms with Crippen LogP contribution < -0.4 is 0 Å². The van der Waals surface area contributed by atoms with E-state index in [1.54, 1.807) is 18.7 Å². The number of benzene rings is 1. The molecule has 10 heteroatoms. The number of esters is 2. The number of carbonyl (C=O) groups is 3. The van der Waals surface area contributed by atoms with E-state index >= 15 is 0 Å². The fourth-order valence-electron chi connectivity index (χ4n) is 3.71. The molecule has 0 radical (unpaired) electrons. The van der Waals surface area contributed by atoms with E-state index in [2.05, 4.69) is 0 Å². The average Bonchev–Trinajstić information content (AvgIpc) is 2.81. The smallest absolute Gasteiger partial charge is 0.338 e. The fraction of sp³-hybridized carbons (Fsp3) is 0.591. The minimum atomic E-state index is -3.73. The first-order valence-corrected chi connectivity index (χ1v) is 12.2. The molecule has 178 valence electrons. The number of carbonyl (C=O) groups excluding carboxylic acids is 3. The first kappa shape index (κ1) is 25.8. The van der Waals surface area contributed by atoms with E-state index in [0.29, 0.717) is 19.4 Å². The number of amides is 1. The number of hydrogen-bond acceptors (Lipinski definition) is 7. The van der Waals surface area contributed by atoms with Gasteiger partial charge in [0.05, 0.1) is 30.1 Å². The molecule has 0 aliphatic carbocycles. The van der Waals surface area contributed by atoms with Gasteiger partial charge in [0.25, 0.3) is 0 Å². The Morgan fingerprint density at radius 3 is 2.22 bits per heavy atom. The van der Waals surface area contributed by atoms with E-state index in [1.807, 2.05) is 6.92 Å². The Kier molecular flexibility index (Phi) is 9.21. The normalized spacial score (nSPS) is 16.2. The molecule has 0 spiro atoms. The maximum absolute atomic E-state index is 13.0. The summed E-state index contributed by atoms with van der Waals surface area (Å²) in [6.45, 7) is 6.68. The van der Waals surface area contributed by atoms with Crippen molar-refractivity contribution in [3.05, 3.63) is 29.8 Å². The fourth-order valence-corrected chi connectivity index (χ4v) is 5.18. The summed E-state index contributed by atoms with van der Waals surface area (Å²) in [4.78, 5) is 38.1. The van der Waals surface area contributed by atoms with Crippen molar-refractivity contribution >= 4 is 27.9 Å². The van der Waals surface area contributed by atoms with Crippen molar-refractivity contribution in [3.8, 4) is 0 Å². The van der Waals surface area contributed by atoms with Gasteiger partial charge < -0.3 is 14.4 Å². The summed E-state index contributed by atoms with van der Waals surface area (Å²) < 4.78 is 37.0. The maximum Gasteiger partial charge on any atom is 0.338 e. The molecule has 2 rings (SSSR count). The van der Waals surface area contributed by atoms with Crippen LogP contribution in [0.3, 0.4) is 0 Å². The Bertz CT molecular complexity index is 907. The number of ether oxygens (including phenoxy) is 2. The summed E-state index contributed by atoms with van der Waals surface area (Å²) in [6.07, 6.45) is 0.810. The van der Waals surface area contributed by atoms with Gasteiger partial charge in [0.1, 0.15) is 0 Å². The molecule has 1 aromatic rings. The third-order valence-electron chi connectivity index (χ3n) is 5.60. The first-order chi connectivity index (χ1) is 15.1. The SMILES string of the molecule is CCOC(=O)c1ccc(S(=O)(=O)N2CCC(C(=O)N(CC)CC(C)C(=O)OC)CC2)cc1. The highest BCUT2D eigenvalue weighted by Gasteiger charge is 2.34. The Hall–Kier alpha value is -2.46. The molecule has 9 nitrogen and oxygen atoms in total. The van der Waals surface area contributed by atoms with Gasteiger partial charge in [0.2, 0.25) is 15.9 Å². The van der Waals surface area contributed by atoms with Gasteiger partial charge in [0.15, 0.2) is 0 Å². The standard InChI is InChI=1S/C22H32N2O7S/c1-5-23(15-16(3)21(26)30-4)20(25)17-11-13-24(14-12-17)32(28,29)19-9-7-18(8-10-19)22(27)31-6-2/h7-10,16-17H,5-6,11-15H2,1-4H3. The topological polar surface area (TPSA) is 110 Å². The molecule has 1 amide bonds. The molecule has 1 aromatic carbocycles. The lowest BCUT2D eigenvalue weighted by Crippen LogP contribution is -2.45. The van der Waals surface area contributed by atoms with Gasteiger partial charge in [-0.3, -0.25) is 9.59 Å². The highest BCUT2D eigenvalue weighted by molar-refractivity contribution is 7.89. The molecule has 0 aromatic heterocycles. The van der Waals surface area contributed by atoms with Crippen molar-refractivity contribution < 1.29 is 32.3 Å². The van der Waals surface area contributed by atoms with Crippen molar-refractivity contribution in [2.24, 2.45) is 11.8 Å². The second-order valence-corrected chi connectivity index (χ2v) is 9.66. The Morgan fingerprint density at radius 1 is 1.12 bits per heavy atom. The number of piperidine rings is 1. The summed E-state index contributed by atoms with van der Waals surface area (Å²) in [7, 11) is -2.41. The number of sulfonamides is 1. The van der Waals surface area contributed by atoms with Crippen LogP contribution in [-0.2, 0) is 29.1 Å². The van der Waals surface area contributed by atoms with Gasteiger partial charge in [0, 0.05) is 32.1 Å². The van der Waals surface area contributed by atoms with Gasteiger partial charge in [-0.2, -0.15) is 4.31 Å².